The van der Waals surface area contributed by atoms with Crippen LogP contribution in [0.4, 0.5) is 0 Å². The van der Waals surface area contributed by atoms with Gasteiger partial charge in [0, 0.05) is 18.8 Å². The van der Waals surface area contributed by atoms with E-state index < -0.39 is 5.97 Å². The predicted octanol–water partition coefficient (Wildman–Crippen LogP) is 2.62. The van der Waals surface area contributed by atoms with Crippen LogP contribution in [0.2, 0.25) is 0 Å². The SMILES string of the molecule is CCCCCCCCc1n(CCC(=O)[O-])cc[n+]1CCCC. The molecule has 0 saturated carbocycles. The quantitative estimate of drug-likeness (QED) is 0.415. The third kappa shape index (κ3) is 7.10. The molecule has 0 atom stereocenters. The van der Waals surface area contributed by atoms with Crippen LogP contribution in [0.3, 0.4) is 0 Å². The number of nitrogens with zero attached hydrogens (tertiary/aromatic N) is 2. The molecule has 0 spiro atoms. The maximum atomic E-state index is 10.7. The van der Waals surface area contributed by atoms with Crippen LogP contribution >= 0.6 is 0 Å². The minimum atomic E-state index is -0.973. The first-order chi connectivity index (χ1) is 10.7. The standard InChI is InChI=1S/C18H32N2O2/c1-3-5-7-8-9-10-11-17-19(13-6-4-2)15-16-20(17)14-12-18(21)22/h15-16H,3-14H2,1-2H3. The lowest BCUT2D eigenvalue weighted by molar-refractivity contribution is -0.704. The molecule has 1 rings (SSSR count). The summed E-state index contributed by atoms with van der Waals surface area (Å²) in [6, 6.07) is 0. The summed E-state index contributed by atoms with van der Waals surface area (Å²) < 4.78 is 4.39. The Balaban J connectivity index is 2.53. The van der Waals surface area contributed by atoms with E-state index in [0.29, 0.717) is 6.54 Å². The van der Waals surface area contributed by atoms with Crippen LogP contribution < -0.4 is 9.67 Å². The lowest BCUT2D eigenvalue weighted by Gasteiger charge is -2.06. The first-order valence-electron chi connectivity index (χ1n) is 8.96. The smallest absolute Gasteiger partial charge is 0.256 e. The zero-order valence-corrected chi connectivity index (χ0v) is 14.4. The molecule has 126 valence electrons. The van der Waals surface area contributed by atoms with Crippen molar-refractivity contribution >= 4 is 5.97 Å². The number of rotatable bonds is 13. The third-order valence-corrected chi connectivity index (χ3v) is 4.15. The highest BCUT2D eigenvalue weighted by atomic mass is 16.4. The van der Waals surface area contributed by atoms with Gasteiger partial charge in [-0.2, -0.15) is 0 Å². The van der Waals surface area contributed by atoms with Crippen molar-refractivity contribution in [1.82, 2.24) is 4.57 Å². The van der Waals surface area contributed by atoms with E-state index in [4.69, 9.17) is 0 Å². The lowest BCUT2D eigenvalue weighted by Crippen LogP contribution is -2.37. The van der Waals surface area contributed by atoms with Gasteiger partial charge in [0.05, 0.1) is 13.1 Å². The Morgan fingerprint density at radius 2 is 1.77 bits per heavy atom. The van der Waals surface area contributed by atoms with Gasteiger partial charge >= 0.3 is 0 Å². The van der Waals surface area contributed by atoms with Gasteiger partial charge in [-0.25, -0.2) is 9.13 Å². The Kier molecular flexibility index (Phi) is 9.60. The summed E-state index contributed by atoms with van der Waals surface area (Å²) in [6.45, 7) is 5.98. The van der Waals surface area contributed by atoms with Crippen LogP contribution in [0.5, 0.6) is 0 Å². The second kappa shape index (κ2) is 11.3. The van der Waals surface area contributed by atoms with E-state index in [9.17, 15) is 9.90 Å². The number of aliphatic carboxylic acids is 1. The first-order valence-corrected chi connectivity index (χ1v) is 8.96. The molecule has 22 heavy (non-hydrogen) atoms. The zero-order valence-electron chi connectivity index (χ0n) is 14.4. The van der Waals surface area contributed by atoms with Crippen molar-refractivity contribution in [2.45, 2.75) is 91.1 Å². The van der Waals surface area contributed by atoms with Gasteiger partial charge in [-0.1, -0.05) is 52.4 Å². The minimum Gasteiger partial charge on any atom is -0.550 e. The molecule has 0 fully saturated rings. The van der Waals surface area contributed by atoms with Crippen LogP contribution in [-0.2, 0) is 24.3 Å². The van der Waals surface area contributed by atoms with Gasteiger partial charge in [-0.3, -0.25) is 0 Å². The van der Waals surface area contributed by atoms with Crippen molar-refractivity contribution < 1.29 is 14.5 Å². The molecule has 0 bridgehead atoms. The van der Waals surface area contributed by atoms with Crippen molar-refractivity contribution in [2.75, 3.05) is 0 Å². The molecule has 0 aromatic carbocycles. The van der Waals surface area contributed by atoms with E-state index in [0.717, 1.165) is 13.0 Å². The number of aromatic nitrogens is 2. The third-order valence-electron chi connectivity index (χ3n) is 4.15. The van der Waals surface area contributed by atoms with Gasteiger partial charge < -0.3 is 9.90 Å². The maximum Gasteiger partial charge on any atom is 0.256 e. The summed E-state index contributed by atoms with van der Waals surface area (Å²) >= 11 is 0. The molecule has 4 nitrogen and oxygen atoms in total. The number of carbonyl (C=O) groups is 1. The summed E-state index contributed by atoms with van der Waals surface area (Å²) in [5, 5.41) is 10.7. The number of carbonyl (C=O) groups excluding carboxylic acids is 1. The monoisotopic (exact) mass is 308 g/mol. The van der Waals surface area contributed by atoms with Crippen molar-refractivity contribution in [2.24, 2.45) is 0 Å². The van der Waals surface area contributed by atoms with E-state index >= 15 is 0 Å². The van der Waals surface area contributed by atoms with Crippen molar-refractivity contribution in [3.05, 3.63) is 18.2 Å². The van der Waals surface area contributed by atoms with Gasteiger partial charge in [0.2, 0.25) is 0 Å². The molecule has 0 N–H and O–H groups in total. The molecule has 0 unspecified atom stereocenters. The van der Waals surface area contributed by atoms with Gasteiger partial charge in [-0.05, 0) is 12.8 Å². The van der Waals surface area contributed by atoms with Crippen LogP contribution in [0.15, 0.2) is 12.4 Å². The number of hydrogen-bond donors (Lipinski definition) is 0. The summed E-state index contributed by atoms with van der Waals surface area (Å²) in [4.78, 5) is 10.7. The molecule has 4 heteroatoms. The van der Waals surface area contributed by atoms with Crippen LogP contribution in [0.25, 0.3) is 0 Å². The zero-order chi connectivity index (χ0) is 16.2. The Morgan fingerprint density at radius 3 is 2.45 bits per heavy atom. The fraction of sp³-hybridized carbons (Fsp3) is 0.778. The molecule has 1 aromatic rings. The van der Waals surface area contributed by atoms with E-state index in [-0.39, 0.29) is 6.42 Å². The summed E-state index contributed by atoms with van der Waals surface area (Å²) in [6.07, 6.45) is 15.3. The van der Waals surface area contributed by atoms with Gasteiger partial charge in [-0.15, -0.1) is 0 Å². The Hall–Kier alpha value is -1.32. The van der Waals surface area contributed by atoms with Gasteiger partial charge in [0.15, 0.2) is 0 Å². The average Bonchev–Trinajstić information content (AvgIpc) is 2.88. The molecule has 0 saturated heterocycles. The van der Waals surface area contributed by atoms with Crippen molar-refractivity contribution in [3.8, 4) is 0 Å². The highest BCUT2D eigenvalue weighted by molar-refractivity contribution is 5.64. The van der Waals surface area contributed by atoms with E-state index in [1.54, 1.807) is 0 Å². The Morgan fingerprint density at radius 1 is 1.09 bits per heavy atom. The van der Waals surface area contributed by atoms with E-state index in [1.165, 1.54) is 57.2 Å². The highest BCUT2D eigenvalue weighted by Crippen LogP contribution is 2.09. The van der Waals surface area contributed by atoms with Gasteiger partial charge in [0.1, 0.15) is 12.4 Å². The number of carboxylic acids is 1. The second-order valence-corrected chi connectivity index (χ2v) is 6.09. The summed E-state index contributed by atoms with van der Waals surface area (Å²) in [5.74, 6) is 0.296. The van der Waals surface area contributed by atoms with Crippen LogP contribution in [0.1, 0.15) is 77.5 Å². The molecule has 0 aliphatic heterocycles. The average molecular weight is 308 g/mol. The molecule has 0 aliphatic rings. The molecule has 1 aromatic heterocycles. The molecule has 0 radical (unpaired) electrons. The topological polar surface area (TPSA) is 48.9 Å². The normalized spacial score (nSPS) is 11.0. The summed E-state index contributed by atoms with van der Waals surface area (Å²) in [7, 11) is 0. The second-order valence-electron chi connectivity index (χ2n) is 6.09. The molecular weight excluding hydrogens is 276 g/mol. The highest BCUT2D eigenvalue weighted by Gasteiger charge is 2.16. The van der Waals surface area contributed by atoms with Crippen molar-refractivity contribution in [3.63, 3.8) is 0 Å². The first kappa shape index (κ1) is 18.7. The molecule has 0 aliphatic carbocycles. The number of imidazole rings is 1. The number of hydrogen-bond acceptors (Lipinski definition) is 2. The predicted molar refractivity (Wildman–Crippen MR) is 86.2 cm³/mol. The fourth-order valence-corrected chi connectivity index (χ4v) is 2.80. The largest absolute Gasteiger partial charge is 0.550 e. The Labute approximate surface area is 135 Å². The number of unbranched alkanes of at least 4 members (excludes halogenated alkanes) is 6. The van der Waals surface area contributed by atoms with E-state index in [1.807, 2.05) is 6.20 Å². The van der Waals surface area contributed by atoms with E-state index in [2.05, 4.69) is 29.2 Å². The van der Waals surface area contributed by atoms with Gasteiger partial charge in [0.25, 0.3) is 5.82 Å². The lowest BCUT2D eigenvalue weighted by atomic mass is 10.1. The van der Waals surface area contributed by atoms with Crippen molar-refractivity contribution in [1.29, 1.82) is 0 Å². The molecular formula is C18H32N2O2. The molecule has 1 heterocycles. The Bertz CT molecular complexity index is 427. The van der Waals surface area contributed by atoms with Crippen LogP contribution in [-0.4, -0.2) is 10.5 Å². The molecule has 0 amide bonds. The minimum absolute atomic E-state index is 0.0892. The maximum absolute atomic E-state index is 10.7. The number of aryl methyl sites for hydroxylation is 2. The van der Waals surface area contributed by atoms with Crippen LogP contribution in [0, 0.1) is 0 Å². The summed E-state index contributed by atoms with van der Waals surface area (Å²) in [5.41, 5.74) is 0. The number of carboxylic acid groups (broad SMARTS) is 1. The fourth-order valence-electron chi connectivity index (χ4n) is 2.80.